The zero-order valence-electron chi connectivity index (χ0n) is 12.6. The normalized spacial score (nSPS) is 20.9. The molecule has 2 fully saturated rings. The minimum absolute atomic E-state index is 0.717. The molecule has 2 heterocycles. The molecule has 20 heavy (non-hydrogen) atoms. The summed E-state index contributed by atoms with van der Waals surface area (Å²) < 4.78 is 5.63. The summed E-state index contributed by atoms with van der Waals surface area (Å²) in [5, 5.41) is 3.47. The Kier molecular flexibility index (Phi) is 4.27. The van der Waals surface area contributed by atoms with E-state index >= 15 is 0 Å². The van der Waals surface area contributed by atoms with Gasteiger partial charge in [-0.05, 0) is 18.8 Å². The van der Waals surface area contributed by atoms with Gasteiger partial charge in [-0.1, -0.05) is 13.8 Å². The monoisotopic (exact) mass is 278 g/mol. The van der Waals surface area contributed by atoms with Gasteiger partial charge < -0.3 is 14.6 Å². The summed E-state index contributed by atoms with van der Waals surface area (Å²) in [6.45, 7) is 10.8. The first-order valence-corrected chi connectivity index (χ1v) is 7.86. The van der Waals surface area contributed by atoms with Crippen LogP contribution >= 0.6 is 0 Å². The Bertz CT molecular complexity index is 419. The maximum atomic E-state index is 5.63. The molecule has 1 aromatic heterocycles. The zero-order valence-corrected chi connectivity index (χ0v) is 12.6. The van der Waals surface area contributed by atoms with Crippen LogP contribution in [0.2, 0.25) is 0 Å². The number of hydrogen-bond acceptors (Lipinski definition) is 5. The largest absolute Gasteiger partial charge is 0.432 e. The fourth-order valence-electron chi connectivity index (χ4n) is 2.70. The Morgan fingerprint density at radius 2 is 2.05 bits per heavy atom. The van der Waals surface area contributed by atoms with E-state index in [1.54, 1.807) is 6.26 Å². The van der Waals surface area contributed by atoms with Crippen molar-refractivity contribution < 1.29 is 4.42 Å². The topological polar surface area (TPSA) is 44.5 Å². The molecule has 0 aromatic carbocycles. The van der Waals surface area contributed by atoms with E-state index in [9.17, 15) is 0 Å². The molecule has 1 aliphatic heterocycles. The molecule has 3 rings (SSSR count). The van der Waals surface area contributed by atoms with Gasteiger partial charge in [-0.3, -0.25) is 4.90 Å². The molecule has 0 unspecified atom stereocenters. The van der Waals surface area contributed by atoms with Crippen molar-refractivity contribution in [1.29, 1.82) is 0 Å². The van der Waals surface area contributed by atoms with Gasteiger partial charge in [0.1, 0.15) is 6.26 Å². The van der Waals surface area contributed by atoms with Crippen molar-refractivity contribution in [2.75, 3.05) is 37.6 Å². The minimum Gasteiger partial charge on any atom is -0.432 e. The maximum Gasteiger partial charge on any atom is 0.297 e. The third-order valence-electron chi connectivity index (χ3n) is 3.95. The summed E-state index contributed by atoms with van der Waals surface area (Å²) in [5.74, 6) is 0.739. The fourth-order valence-corrected chi connectivity index (χ4v) is 2.70. The second-order valence-electron chi connectivity index (χ2n) is 6.46. The van der Waals surface area contributed by atoms with E-state index in [0.717, 1.165) is 56.4 Å². The molecule has 1 saturated carbocycles. The van der Waals surface area contributed by atoms with Gasteiger partial charge in [-0.15, -0.1) is 0 Å². The molecule has 0 spiro atoms. The Hall–Kier alpha value is -1.07. The summed E-state index contributed by atoms with van der Waals surface area (Å²) in [6.07, 6.45) is 4.41. The lowest BCUT2D eigenvalue weighted by Gasteiger charge is -2.34. The summed E-state index contributed by atoms with van der Waals surface area (Å²) in [6, 6.07) is 1.51. The number of aromatic nitrogens is 1. The number of oxazole rings is 1. The van der Waals surface area contributed by atoms with Gasteiger partial charge >= 0.3 is 0 Å². The molecule has 1 aliphatic carbocycles. The van der Waals surface area contributed by atoms with E-state index in [1.165, 1.54) is 19.4 Å². The molecule has 0 radical (unpaired) electrons. The first-order valence-electron chi connectivity index (χ1n) is 7.86. The van der Waals surface area contributed by atoms with E-state index in [-0.39, 0.29) is 0 Å². The number of hydrogen-bond donors (Lipinski definition) is 1. The zero-order chi connectivity index (χ0) is 13.9. The highest BCUT2D eigenvalue weighted by Gasteiger charge is 2.23. The third-order valence-corrected chi connectivity index (χ3v) is 3.95. The molecule has 2 aliphatic rings. The number of rotatable bonds is 6. The average molecular weight is 278 g/mol. The summed E-state index contributed by atoms with van der Waals surface area (Å²) >= 11 is 0. The Morgan fingerprint density at radius 1 is 1.30 bits per heavy atom. The van der Waals surface area contributed by atoms with Gasteiger partial charge in [-0.25, -0.2) is 0 Å². The van der Waals surface area contributed by atoms with Gasteiger partial charge in [0.15, 0.2) is 0 Å². The molecule has 112 valence electrons. The van der Waals surface area contributed by atoms with Crippen molar-refractivity contribution in [2.45, 2.75) is 39.3 Å². The van der Waals surface area contributed by atoms with Crippen LogP contribution in [-0.4, -0.2) is 48.6 Å². The standard InChI is InChI=1S/C15H26N4O/c1-12(2)10-18-5-7-19(8-6-18)15-17-14(11-20-15)9-16-13-3-4-13/h11-13,16H,3-10H2,1-2H3. The molecule has 1 N–H and O–H groups in total. The predicted octanol–water partition coefficient (Wildman–Crippen LogP) is 1.70. The molecule has 0 bridgehead atoms. The summed E-state index contributed by atoms with van der Waals surface area (Å²) in [4.78, 5) is 9.39. The maximum absolute atomic E-state index is 5.63. The smallest absolute Gasteiger partial charge is 0.297 e. The lowest BCUT2D eigenvalue weighted by Crippen LogP contribution is -2.47. The van der Waals surface area contributed by atoms with Crippen molar-refractivity contribution in [3.63, 3.8) is 0 Å². The van der Waals surface area contributed by atoms with Crippen molar-refractivity contribution >= 4 is 6.01 Å². The highest BCUT2D eigenvalue weighted by Crippen LogP contribution is 2.20. The molecular weight excluding hydrogens is 252 g/mol. The van der Waals surface area contributed by atoms with Crippen molar-refractivity contribution in [2.24, 2.45) is 5.92 Å². The van der Waals surface area contributed by atoms with Crippen LogP contribution in [0.4, 0.5) is 6.01 Å². The van der Waals surface area contributed by atoms with E-state index in [4.69, 9.17) is 4.42 Å². The van der Waals surface area contributed by atoms with Gasteiger partial charge in [0.05, 0.1) is 5.69 Å². The number of nitrogens with one attached hydrogen (secondary N) is 1. The van der Waals surface area contributed by atoms with E-state index in [0.29, 0.717) is 0 Å². The molecule has 0 amide bonds. The minimum atomic E-state index is 0.717. The molecule has 5 heteroatoms. The van der Waals surface area contributed by atoms with Crippen molar-refractivity contribution in [3.05, 3.63) is 12.0 Å². The highest BCUT2D eigenvalue weighted by molar-refractivity contribution is 5.28. The lowest BCUT2D eigenvalue weighted by atomic mass is 10.2. The van der Waals surface area contributed by atoms with E-state index in [1.807, 2.05) is 0 Å². The first-order chi connectivity index (χ1) is 9.70. The first kappa shape index (κ1) is 13.9. The van der Waals surface area contributed by atoms with Gasteiger partial charge in [0, 0.05) is 45.3 Å². The second-order valence-corrected chi connectivity index (χ2v) is 6.46. The van der Waals surface area contributed by atoms with E-state index < -0.39 is 0 Å². The number of piperazine rings is 1. The van der Waals surface area contributed by atoms with Gasteiger partial charge in [0.2, 0.25) is 0 Å². The van der Waals surface area contributed by atoms with Gasteiger partial charge in [-0.2, -0.15) is 4.98 Å². The van der Waals surface area contributed by atoms with Crippen LogP contribution in [0.5, 0.6) is 0 Å². The third kappa shape index (κ3) is 3.73. The molecule has 1 aromatic rings. The average Bonchev–Trinajstić information content (AvgIpc) is 3.14. The Labute approximate surface area is 121 Å². The molecule has 5 nitrogen and oxygen atoms in total. The number of nitrogens with zero attached hydrogens (tertiary/aromatic N) is 3. The van der Waals surface area contributed by atoms with Crippen LogP contribution < -0.4 is 10.2 Å². The van der Waals surface area contributed by atoms with Crippen LogP contribution in [0, 0.1) is 5.92 Å². The summed E-state index contributed by atoms with van der Waals surface area (Å²) in [5.41, 5.74) is 1.02. The molecular formula is C15H26N4O. The van der Waals surface area contributed by atoms with Crippen molar-refractivity contribution in [3.8, 4) is 0 Å². The Morgan fingerprint density at radius 3 is 2.70 bits per heavy atom. The lowest BCUT2D eigenvalue weighted by molar-refractivity contribution is 0.227. The SMILES string of the molecule is CC(C)CN1CCN(c2nc(CNC3CC3)co2)CC1. The van der Waals surface area contributed by atoms with Gasteiger partial charge in [0.25, 0.3) is 6.01 Å². The highest BCUT2D eigenvalue weighted by atomic mass is 16.4. The van der Waals surface area contributed by atoms with Crippen LogP contribution in [0.1, 0.15) is 32.4 Å². The molecule has 1 saturated heterocycles. The predicted molar refractivity (Wildman–Crippen MR) is 79.9 cm³/mol. The fraction of sp³-hybridized carbons (Fsp3) is 0.800. The second kappa shape index (κ2) is 6.14. The molecule has 0 atom stereocenters. The Balaban J connectivity index is 1.47. The van der Waals surface area contributed by atoms with Crippen LogP contribution in [0.25, 0.3) is 0 Å². The van der Waals surface area contributed by atoms with Crippen LogP contribution in [-0.2, 0) is 6.54 Å². The summed E-state index contributed by atoms with van der Waals surface area (Å²) in [7, 11) is 0. The van der Waals surface area contributed by atoms with Crippen molar-refractivity contribution in [1.82, 2.24) is 15.2 Å². The quantitative estimate of drug-likeness (QED) is 0.858. The number of anilines is 1. The van der Waals surface area contributed by atoms with E-state index in [2.05, 4.69) is 33.9 Å². The van der Waals surface area contributed by atoms with Crippen LogP contribution in [0.3, 0.4) is 0 Å². The van der Waals surface area contributed by atoms with Crippen LogP contribution in [0.15, 0.2) is 10.7 Å².